The van der Waals surface area contributed by atoms with Crippen LogP contribution in [0.2, 0.25) is 0 Å². The van der Waals surface area contributed by atoms with Crippen molar-refractivity contribution in [2.45, 2.75) is 108 Å². The third kappa shape index (κ3) is 8.42. The third-order valence-electron chi connectivity index (χ3n) is 8.09. The molecule has 0 radical (unpaired) electrons. The van der Waals surface area contributed by atoms with Crippen LogP contribution in [0.15, 0.2) is 0 Å². The topological polar surface area (TPSA) is 119 Å². The van der Waals surface area contributed by atoms with Gasteiger partial charge in [-0.1, -0.05) is 13.8 Å². The highest BCUT2D eigenvalue weighted by atomic mass is 16.7. The number of likely N-dealkylation sites (N-methyl/N-ethyl adjacent to an activating group) is 1. The van der Waals surface area contributed by atoms with Crippen molar-refractivity contribution >= 4 is 11.8 Å². The van der Waals surface area contributed by atoms with Gasteiger partial charge in [0.25, 0.3) is 0 Å². The Labute approximate surface area is 222 Å². The summed E-state index contributed by atoms with van der Waals surface area (Å²) in [5.41, 5.74) is -0.868. The van der Waals surface area contributed by atoms with Crippen LogP contribution < -0.4 is 10.6 Å². The summed E-state index contributed by atoms with van der Waals surface area (Å²) in [5, 5.41) is 18.1. The quantitative estimate of drug-likeness (QED) is 0.328. The largest absolute Gasteiger partial charge is 0.464 e. The van der Waals surface area contributed by atoms with Crippen molar-refractivity contribution in [3.05, 3.63) is 0 Å². The Kier molecular flexibility index (Phi) is 10.9. The van der Waals surface area contributed by atoms with Crippen molar-refractivity contribution < 1.29 is 33.6 Å². The first-order valence-corrected chi connectivity index (χ1v) is 13.8. The standard InChI is InChI=1S/C27H49N3O7/c1-16-12-27(4,34-7)25(37-26-24(33)21(30(5)6)10-17(2)36-26)18(3)22(31)11-23(32)35-15-20(28-13-16)14-29-19-8-9-19/h16-21,24-26,28-29,33H,8-15H2,1-7H3/t16-,17-,18+,20-,21+,24-,25-,26+,27-/m1/s1. The van der Waals surface area contributed by atoms with Crippen molar-refractivity contribution in [2.24, 2.45) is 11.8 Å². The first-order valence-electron chi connectivity index (χ1n) is 13.8. The van der Waals surface area contributed by atoms with Gasteiger partial charge in [0.2, 0.25) is 0 Å². The minimum atomic E-state index is -0.931. The van der Waals surface area contributed by atoms with Gasteiger partial charge in [-0.05, 0) is 66.1 Å². The smallest absolute Gasteiger partial charge is 0.313 e. The molecule has 2 aliphatic heterocycles. The number of ketones is 1. The number of carbonyl (C=O) groups is 2. The van der Waals surface area contributed by atoms with Crippen LogP contribution in [0.4, 0.5) is 0 Å². The predicted octanol–water partition coefficient (Wildman–Crippen LogP) is 1.09. The van der Waals surface area contributed by atoms with Crippen molar-refractivity contribution in [3.63, 3.8) is 0 Å². The Bertz CT molecular complexity index is 764. The van der Waals surface area contributed by atoms with Gasteiger partial charge < -0.3 is 39.6 Å². The second-order valence-electron chi connectivity index (χ2n) is 11.9. The summed E-state index contributed by atoms with van der Waals surface area (Å²) < 4.78 is 24.1. The maximum atomic E-state index is 13.3. The molecule has 0 amide bonds. The molecule has 2 saturated heterocycles. The normalized spacial score (nSPS) is 41.0. The van der Waals surface area contributed by atoms with Crippen LogP contribution in [0.1, 0.15) is 59.8 Å². The molecule has 3 rings (SSSR count). The number of hydrogen-bond acceptors (Lipinski definition) is 10. The van der Waals surface area contributed by atoms with Crippen molar-refractivity contribution in [1.29, 1.82) is 0 Å². The predicted molar refractivity (Wildman–Crippen MR) is 139 cm³/mol. The van der Waals surface area contributed by atoms with Gasteiger partial charge in [-0.15, -0.1) is 0 Å². The maximum Gasteiger partial charge on any atom is 0.313 e. The first kappa shape index (κ1) is 30.4. The summed E-state index contributed by atoms with van der Waals surface area (Å²) in [7, 11) is 5.45. The second kappa shape index (κ2) is 13.3. The van der Waals surface area contributed by atoms with Gasteiger partial charge in [0, 0.05) is 31.7 Å². The van der Waals surface area contributed by atoms with E-state index in [1.165, 1.54) is 12.8 Å². The Balaban J connectivity index is 1.82. The molecule has 0 aromatic rings. The Morgan fingerprint density at radius 2 is 1.92 bits per heavy atom. The van der Waals surface area contributed by atoms with Crippen LogP contribution in [0.5, 0.6) is 0 Å². The molecule has 1 saturated carbocycles. The van der Waals surface area contributed by atoms with Crippen LogP contribution in [0, 0.1) is 11.8 Å². The van der Waals surface area contributed by atoms with E-state index in [1.54, 1.807) is 14.0 Å². The minimum absolute atomic E-state index is 0.0450. The van der Waals surface area contributed by atoms with Crippen LogP contribution in [-0.4, -0.2) is 111 Å². The summed E-state index contributed by atoms with van der Waals surface area (Å²) in [5.74, 6) is -1.34. The average Bonchev–Trinajstić information content (AvgIpc) is 3.67. The number of hydrogen-bond donors (Lipinski definition) is 3. The zero-order valence-electron chi connectivity index (χ0n) is 23.7. The Morgan fingerprint density at radius 3 is 2.54 bits per heavy atom. The highest BCUT2D eigenvalue weighted by molar-refractivity contribution is 5.97. The minimum Gasteiger partial charge on any atom is -0.464 e. The lowest BCUT2D eigenvalue weighted by Crippen LogP contribution is -2.58. The van der Waals surface area contributed by atoms with Gasteiger partial charge in [0.15, 0.2) is 6.29 Å². The highest BCUT2D eigenvalue weighted by Crippen LogP contribution is 2.35. The fourth-order valence-electron chi connectivity index (χ4n) is 5.54. The summed E-state index contributed by atoms with van der Waals surface area (Å²) in [6, 6.07) is 0.350. The van der Waals surface area contributed by atoms with Crippen molar-refractivity contribution in [3.8, 4) is 0 Å². The van der Waals surface area contributed by atoms with Crippen LogP contribution in [0.3, 0.4) is 0 Å². The molecule has 0 aromatic heterocycles. The first-order chi connectivity index (χ1) is 17.4. The molecular weight excluding hydrogens is 478 g/mol. The molecule has 0 unspecified atom stereocenters. The number of rotatable bonds is 7. The van der Waals surface area contributed by atoms with E-state index in [0.717, 1.165) is 0 Å². The number of methoxy groups -OCH3 is 1. The van der Waals surface area contributed by atoms with E-state index < -0.39 is 36.0 Å². The zero-order valence-corrected chi connectivity index (χ0v) is 23.7. The molecule has 10 nitrogen and oxygen atoms in total. The van der Waals surface area contributed by atoms with E-state index in [4.69, 9.17) is 18.9 Å². The molecule has 1 aliphatic carbocycles. The lowest BCUT2D eigenvalue weighted by atomic mass is 9.80. The molecule has 9 atom stereocenters. The van der Waals surface area contributed by atoms with Crippen LogP contribution in [-0.2, 0) is 28.5 Å². The molecule has 0 bridgehead atoms. The van der Waals surface area contributed by atoms with Gasteiger partial charge in [0.1, 0.15) is 24.9 Å². The molecular formula is C27H49N3O7. The monoisotopic (exact) mass is 527 g/mol. The number of carbonyl (C=O) groups excluding carboxylic acids is 2. The summed E-state index contributed by atoms with van der Waals surface area (Å²) in [6.07, 6.45) is 0.571. The molecule has 2 heterocycles. The van der Waals surface area contributed by atoms with Gasteiger partial charge >= 0.3 is 5.97 Å². The maximum absolute atomic E-state index is 13.3. The summed E-state index contributed by atoms with van der Waals surface area (Å²) in [4.78, 5) is 27.9. The third-order valence-corrected chi connectivity index (χ3v) is 8.09. The van der Waals surface area contributed by atoms with E-state index >= 15 is 0 Å². The van der Waals surface area contributed by atoms with Crippen LogP contribution in [0.25, 0.3) is 0 Å². The number of ether oxygens (including phenoxy) is 4. The van der Waals surface area contributed by atoms with Gasteiger partial charge in [-0.3, -0.25) is 9.59 Å². The molecule has 0 aromatic carbocycles. The fraction of sp³-hybridized carbons (Fsp3) is 0.926. The van der Waals surface area contributed by atoms with Gasteiger partial charge in [-0.25, -0.2) is 0 Å². The van der Waals surface area contributed by atoms with Gasteiger partial charge in [-0.2, -0.15) is 0 Å². The van der Waals surface area contributed by atoms with E-state index in [2.05, 4.69) is 17.6 Å². The molecule has 3 fully saturated rings. The van der Waals surface area contributed by atoms with Crippen molar-refractivity contribution in [2.75, 3.05) is 40.9 Å². The van der Waals surface area contributed by atoms with E-state index in [-0.39, 0.29) is 42.9 Å². The average molecular weight is 528 g/mol. The molecule has 214 valence electrons. The number of esters is 1. The number of aliphatic hydroxyl groups is 1. The van der Waals surface area contributed by atoms with E-state index in [0.29, 0.717) is 32.0 Å². The number of Topliss-reactive ketones (excluding diaryl/α,β-unsaturated/α-hetero) is 1. The summed E-state index contributed by atoms with van der Waals surface area (Å²) in [6.45, 7) is 9.36. The van der Waals surface area contributed by atoms with E-state index in [1.807, 2.05) is 32.8 Å². The van der Waals surface area contributed by atoms with Gasteiger partial charge in [0.05, 0.1) is 23.9 Å². The molecule has 0 spiro atoms. The lowest BCUT2D eigenvalue weighted by molar-refractivity contribution is -0.295. The SMILES string of the molecule is CO[C@]1(C)C[C@@H](C)CN[C@H](CNC2CC2)COC(=O)CC(=O)[C@H](C)[C@H]1O[C@@H]1O[C@H](C)C[C@H](N(C)C)[C@H]1O. The Hall–Kier alpha value is -1.14. The Morgan fingerprint density at radius 1 is 1.22 bits per heavy atom. The number of nitrogens with one attached hydrogen (secondary N) is 2. The molecule has 37 heavy (non-hydrogen) atoms. The van der Waals surface area contributed by atoms with E-state index in [9.17, 15) is 14.7 Å². The molecule has 10 heteroatoms. The highest BCUT2D eigenvalue weighted by Gasteiger charge is 2.47. The lowest BCUT2D eigenvalue weighted by Gasteiger charge is -2.46. The van der Waals surface area contributed by atoms with Crippen LogP contribution >= 0.6 is 0 Å². The molecule has 3 N–H and O–H groups in total. The summed E-state index contributed by atoms with van der Waals surface area (Å²) >= 11 is 0. The fourth-order valence-corrected chi connectivity index (χ4v) is 5.54. The second-order valence-corrected chi connectivity index (χ2v) is 11.9. The van der Waals surface area contributed by atoms with Crippen molar-refractivity contribution in [1.82, 2.24) is 15.5 Å². The number of nitrogens with zero attached hydrogens (tertiary/aromatic N) is 1. The number of cyclic esters (lactones) is 1. The number of aliphatic hydroxyl groups excluding tert-OH is 1. The molecule has 3 aliphatic rings. The zero-order chi connectivity index (χ0) is 27.3.